The molecule has 0 saturated heterocycles. The molecule has 1 amide bonds. The Bertz CT molecular complexity index is 419. The van der Waals surface area contributed by atoms with Gasteiger partial charge in [0.15, 0.2) is 0 Å². The summed E-state index contributed by atoms with van der Waals surface area (Å²) in [5, 5.41) is 11.6. The Morgan fingerprint density at radius 2 is 2.38 bits per heavy atom. The van der Waals surface area contributed by atoms with Crippen molar-refractivity contribution in [3.8, 4) is 11.8 Å². The quantitative estimate of drug-likeness (QED) is 0.572. The van der Waals surface area contributed by atoms with Crippen molar-refractivity contribution < 1.29 is 9.90 Å². The minimum atomic E-state index is -0.0502. The van der Waals surface area contributed by atoms with Gasteiger partial charge in [0.05, 0.1) is 6.61 Å². The molecule has 0 aliphatic heterocycles. The van der Waals surface area contributed by atoms with E-state index in [1.807, 2.05) is 0 Å². The number of nitrogens with one attached hydrogen (secondary N) is 1. The lowest BCUT2D eigenvalue weighted by atomic mass is 10.2. The van der Waals surface area contributed by atoms with Crippen molar-refractivity contribution >= 4 is 5.91 Å². The van der Waals surface area contributed by atoms with E-state index in [-0.39, 0.29) is 12.5 Å². The summed E-state index contributed by atoms with van der Waals surface area (Å²) in [5.41, 5.74) is 1.52. The summed E-state index contributed by atoms with van der Waals surface area (Å²) < 4.78 is 0. The fourth-order valence-corrected chi connectivity index (χ4v) is 1.11. The van der Waals surface area contributed by atoms with E-state index >= 15 is 0 Å². The maximum atomic E-state index is 10.6. The van der Waals surface area contributed by atoms with E-state index in [9.17, 15) is 4.79 Å². The summed E-state index contributed by atoms with van der Waals surface area (Å²) in [6, 6.07) is 1.79. The van der Waals surface area contributed by atoms with Gasteiger partial charge < -0.3 is 10.4 Å². The number of aliphatic hydroxyl groups excluding tert-OH is 1. The second-order valence-electron chi connectivity index (χ2n) is 3.27. The highest BCUT2D eigenvalue weighted by molar-refractivity contribution is 5.72. The van der Waals surface area contributed by atoms with Crippen LogP contribution < -0.4 is 5.32 Å². The number of hydrogen-bond acceptors (Lipinski definition) is 3. The fraction of sp³-hybridized carbons (Fsp3) is 0.333. The van der Waals surface area contributed by atoms with Gasteiger partial charge >= 0.3 is 0 Å². The smallest absolute Gasteiger partial charge is 0.216 e. The van der Waals surface area contributed by atoms with E-state index in [2.05, 4.69) is 22.1 Å². The van der Waals surface area contributed by atoms with Crippen LogP contribution in [0.3, 0.4) is 0 Å². The van der Waals surface area contributed by atoms with Gasteiger partial charge in [0.2, 0.25) is 5.91 Å². The second-order valence-corrected chi connectivity index (χ2v) is 3.27. The average Bonchev–Trinajstić information content (AvgIpc) is 2.28. The molecule has 0 saturated carbocycles. The van der Waals surface area contributed by atoms with E-state index < -0.39 is 0 Å². The first-order chi connectivity index (χ1) is 7.72. The molecule has 0 atom stereocenters. The van der Waals surface area contributed by atoms with Crippen molar-refractivity contribution in [3.05, 3.63) is 29.6 Å². The molecule has 84 valence electrons. The maximum Gasteiger partial charge on any atom is 0.216 e. The minimum absolute atomic E-state index is 0.0333. The predicted octanol–water partition coefficient (Wildman–Crippen LogP) is 0.452. The van der Waals surface area contributed by atoms with Crippen molar-refractivity contribution in [2.24, 2.45) is 0 Å². The lowest BCUT2D eigenvalue weighted by Gasteiger charge is -1.96. The Morgan fingerprint density at radius 1 is 1.56 bits per heavy atom. The van der Waals surface area contributed by atoms with Crippen molar-refractivity contribution in [3.63, 3.8) is 0 Å². The van der Waals surface area contributed by atoms with Crippen LogP contribution in [0.25, 0.3) is 0 Å². The van der Waals surface area contributed by atoms with Crippen LogP contribution in [0.2, 0.25) is 0 Å². The lowest BCUT2D eigenvalue weighted by Crippen LogP contribution is -2.20. The molecular formula is C12H14N2O2. The first-order valence-electron chi connectivity index (χ1n) is 5.00. The fourth-order valence-electron chi connectivity index (χ4n) is 1.11. The van der Waals surface area contributed by atoms with Gasteiger partial charge in [-0.2, -0.15) is 0 Å². The Labute approximate surface area is 94.7 Å². The summed E-state index contributed by atoms with van der Waals surface area (Å²) in [5.74, 6) is 5.79. The van der Waals surface area contributed by atoms with Gasteiger partial charge in [0, 0.05) is 37.8 Å². The van der Waals surface area contributed by atoms with Crippen LogP contribution in [-0.4, -0.2) is 22.5 Å². The Kier molecular flexibility index (Phi) is 5.03. The molecular weight excluding hydrogens is 204 g/mol. The van der Waals surface area contributed by atoms with Crippen molar-refractivity contribution in [2.45, 2.75) is 20.0 Å². The number of hydrogen-bond donors (Lipinski definition) is 2. The number of carbonyl (C=O) groups excluding carboxylic acids is 1. The van der Waals surface area contributed by atoms with E-state index in [0.717, 1.165) is 11.1 Å². The third-order valence-electron chi connectivity index (χ3n) is 1.83. The lowest BCUT2D eigenvalue weighted by molar-refractivity contribution is -0.118. The topological polar surface area (TPSA) is 62.2 Å². The summed E-state index contributed by atoms with van der Waals surface area (Å²) in [6.07, 6.45) is 3.84. The van der Waals surface area contributed by atoms with Crippen LogP contribution in [0.1, 0.15) is 24.5 Å². The maximum absolute atomic E-state index is 10.6. The van der Waals surface area contributed by atoms with Gasteiger partial charge in [-0.05, 0) is 11.6 Å². The Balaban J connectivity index is 2.46. The van der Waals surface area contributed by atoms with E-state index in [1.54, 1.807) is 18.5 Å². The standard InChI is InChI=1S/C12H14N2O2/c1-10(16)14-5-3-2-4-11-6-12(9-15)8-13-7-11/h6-8,15H,3,5,9H2,1H3,(H,14,16). The number of rotatable bonds is 3. The second kappa shape index (κ2) is 6.59. The highest BCUT2D eigenvalue weighted by Gasteiger charge is 1.92. The first kappa shape index (κ1) is 12.2. The summed E-state index contributed by atoms with van der Waals surface area (Å²) in [6.45, 7) is 1.99. The third kappa shape index (κ3) is 4.58. The van der Waals surface area contributed by atoms with Crippen LogP contribution in [-0.2, 0) is 11.4 Å². The molecule has 1 aromatic heterocycles. The average molecular weight is 218 g/mol. The molecule has 1 aromatic rings. The van der Waals surface area contributed by atoms with Crippen molar-refractivity contribution in [1.82, 2.24) is 10.3 Å². The molecule has 0 aromatic carbocycles. The highest BCUT2D eigenvalue weighted by Crippen LogP contribution is 2.00. The normalized spacial score (nSPS) is 9.12. The zero-order chi connectivity index (χ0) is 11.8. The monoisotopic (exact) mass is 218 g/mol. The van der Waals surface area contributed by atoms with Crippen molar-refractivity contribution in [1.29, 1.82) is 0 Å². The molecule has 16 heavy (non-hydrogen) atoms. The molecule has 4 heteroatoms. The number of carbonyl (C=O) groups is 1. The van der Waals surface area contributed by atoms with E-state index in [4.69, 9.17) is 5.11 Å². The molecule has 1 heterocycles. The van der Waals surface area contributed by atoms with Crippen LogP contribution in [0.4, 0.5) is 0 Å². The number of nitrogens with zero attached hydrogens (tertiary/aromatic N) is 1. The molecule has 1 rings (SSSR count). The van der Waals surface area contributed by atoms with Gasteiger partial charge in [-0.1, -0.05) is 11.8 Å². The number of aliphatic hydroxyl groups is 1. The van der Waals surface area contributed by atoms with Crippen LogP contribution in [0, 0.1) is 11.8 Å². The SMILES string of the molecule is CC(=O)NCCC#Cc1cncc(CO)c1. The molecule has 4 nitrogen and oxygen atoms in total. The Morgan fingerprint density at radius 3 is 3.06 bits per heavy atom. The van der Waals surface area contributed by atoms with Gasteiger partial charge in [0.25, 0.3) is 0 Å². The molecule has 0 bridgehead atoms. The van der Waals surface area contributed by atoms with Gasteiger partial charge in [-0.25, -0.2) is 0 Å². The number of aromatic nitrogens is 1. The third-order valence-corrected chi connectivity index (χ3v) is 1.83. The van der Waals surface area contributed by atoms with Gasteiger partial charge in [0.1, 0.15) is 0 Å². The van der Waals surface area contributed by atoms with E-state index in [1.165, 1.54) is 6.92 Å². The largest absolute Gasteiger partial charge is 0.392 e. The zero-order valence-corrected chi connectivity index (χ0v) is 9.16. The molecule has 2 N–H and O–H groups in total. The van der Waals surface area contributed by atoms with Crippen LogP contribution in [0.5, 0.6) is 0 Å². The van der Waals surface area contributed by atoms with Crippen LogP contribution >= 0.6 is 0 Å². The summed E-state index contributed by atoms with van der Waals surface area (Å²) in [4.78, 5) is 14.5. The predicted molar refractivity (Wildman–Crippen MR) is 60.3 cm³/mol. The minimum Gasteiger partial charge on any atom is -0.392 e. The Hall–Kier alpha value is -1.86. The van der Waals surface area contributed by atoms with E-state index in [0.29, 0.717) is 13.0 Å². The van der Waals surface area contributed by atoms with Crippen molar-refractivity contribution in [2.75, 3.05) is 6.54 Å². The summed E-state index contributed by atoms with van der Waals surface area (Å²) >= 11 is 0. The number of amides is 1. The molecule has 0 spiro atoms. The molecule has 0 unspecified atom stereocenters. The van der Waals surface area contributed by atoms with Gasteiger partial charge in [-0.3, -0.25) is 9.78 Å². The number of pyridine rings is 1. The molecule has 0 aliphatic rings. The first-order valence-corrected chi connectivity index (χ1v) is 5.00. The summed E-state index contributed by atoms with van der Waals surface area (Å²) in [7, 11) is 0. The molecule has 0 aliphatic carbocycles. The highest BCUT2D eigenvalue weighted by atomic mass is 16.3. The molecule has 0 fully saturated rings. The zero-order valence-electron chi connectivity index (χ0n) is 9.16. The molecule has 0 radical (unpaired) electrons. The van der Waals surface area contributed by atoms with Gasteiger partial charge in [-0.15, -0.1) is 0 Å². The van der Waals surface area contributed by atoms with Crippen LogP contribution in [0.15, 0.2) is 18.5 Å².